The molecule has 0 unspecified atom stereocenters. The highest BCUT2D eigenvalue weighted by atomic mass is 19.1. The van der Waals surface area contributed by atoms with Gasteiger partial charge in [-0.2, -0.15) is 0 Å². The van der Waals surface area contributed by atoms with Crippen molar-refractivity contribution in [1.29, 1.82) is 0 Å². The quantitative estimate of drug-likeness (QED) is 0.901. The van der Waals surface area contributed by atoms with Gasteiger partial charge in [-0.15, -0.1) is 0 Å². The number of benzene rings is 1. The van der Waals surface area contributed by atoms with E-state index in [4.69, 9.17) is 5.11 Å². The normalized spacial score (nSPS) is 15.8. The van der Waals surface area contributed by atoms with Crippen molar-refractivity contribution in [3.63, 3.8) is 0 Å². The Morgan fingerprint density at radius 1 is 1.29 bits per heavy atom. The molecule has 2 N–H and O–H groups in total. The van der Waals surface area contributed by atoms with E-state index in [-0.39, 0.29) is 18.0 Å². The molecule has 2 rings (SSSR count). The lowest BCUT2D eigenvalue weighted by Gasteiger charge is -2.31. The molecule has 0 spiro atoms. The number of rotatable bonds is 3. The molecule has 0 atom stereocenters. The Morgan fingerprint density at radius 3 is 2.52 bits per heavy atom. The zero-order valence-corrected chi connectivity index (χ0v) is 11.3. The molecule has 0 radical (unpaired) electrons. The molecule has 1 heterocycles. The first-order valence-electron chi connectivity index (χ1n) is 6.68. The van der Waals surface area contributed by atoms with E-state index in [1.807, 2.05) is 0 Å². The summed E-state index contributed by atoms with van der Waals surface area (Å²) in [7, 11) is 0. The van der Waals surface area contributed by atoms with Gasteiger partial charge >= 0.3 is 12.0 Å². The van der Waals surface area contributed by atoms with Crippen LogP contribution in [0.3, 0.4) is 0 Å². The van der Waals surface area contributed by atoms with Gasteiger partial charge in [-0.3, -0.25) is 4.79 Å². The van der Waals surface area contributed by atoms with Crippen LogP contribution in [0.15, 0.2) is 18.2 Å². The number of carbonyl (C=O) groups excluding carboxylic acids is 1. The summed E-state index contributed by atoms with van der Waals surface area (Å²) >= 11 is 0. The fourth-order valence-electron chi connectivity index (χ4n) is 2.37. The van der Waals surface area contributed by atoms with Crippen LogP contribution in [0.5, 0.6) is 0 Å². The molecule has 7 heteroatoms. The van der Waals surface area contributed by atoms with E-state index in [1.165, 1.54) is 11.0 Å². The fraction of sp³-hybridized carbons (Fsp3) is 0.429. The summed E-state index contributed by atoms with van der Waals surface area (Å²) in [5.41, 5.74) is -0.0749. The predicted octanol–water partition coefficient (Wildman–Crippen LogP) is 2.68. The Balaban J connectivity index is 1.89. The largest absolute Gasteiger partial charge is 0.481 e. The number of piperidine rings is 1. The van der Waals surface area contributed by atoms with Gasteiger partial charge < -0.3 is 15.3 Å². The van der Waals surface area contributed by atoms with Crippen molar-refractivity contribution in [1.82, 2.24) is 4.90 Å². The topological polar surface area (TPSA) is 69.6 Å². The second-order valence-corrected chi connectivity index (χ2v) is 5.08. The van der Waals surface area contributed by atoms with Crippen molar-refractivity contribution in [2.75, 3.05) is 18.4 Å². The number of amides is 2. The summed E-state index contributed by atoms with van der Waals surface area (Å²) in [5, 5.41) is 11.1. The van der Waals surface area contributed by atoms with E-state index in [0.29, 0.717) is 32.0 Å². The molecule has 5 nitrogen and oxygen atoms in total. The zero-order chi connectivity index (χ0) is 15.4. The number of carboxylic acid groups (broad SMARTS) is 1. The van der Waals surface area contributed by atoms with Crippen LogP contribution < -0.4 is 5.32 Å². The fourth-order valence-corrected chi connectivity index (χ4v) is 2.37. The van der Waals surface area contributed by atoms with E-state index in [0.717, 1.165) is 6.07 Å². The molecule has 0 aliphatic carbocycles. The first kappa shape index (κ1) is 15.2. The van der Waals surface area contributed by atoms with E-state index in [2.05, 4.69) is 5.32 Å². The van der Waals surface area contributed by atoms with Gasteiger partial charge in [0.1, 0.15) is 11.6 Å². The average Bonchev–Trinajstić information content (AvgIpc) is 2.42. The molecule has 1 fully saturated rings. The predicted molar refractivity (Wildman–Crippen MR) is 71.9 cm³/mol. The Kier molecular flexibility index (Phi) is 4.72. The number of halogens is 2. The standard InChI is InChI=1S/C14H16F2N2O3/c15-10-1-2-12(11(16)8-10)17-14(21)18-5-3-9(4-6-18)7-13(19)20/h1-2,8-9H,3-7H2,(H,17,21)(H,19,20). The number of nitrogens with zero attached hydrogens (tertiary/aromatic N) is 1. The molecular weight excluding hydrogens is 282 g/mol. The summed E-state index contributed by atoms with van der Waals surface area (Å²) in [5.74, 6) is -2.32. The summed E-state index contributed by atoms with van der Waals surface area (Å²) < 4.78 is 26.2. The van der Waals surface area contributed by atoms with Crippen molar-refractivity contribution in [2.24, 2.45) is 5.92 Å². The minimum absolute atomic E-state index is 0.0640. The molecule has 2 amide bonds. The Bertz CT molecular complexity index is 543. The van der Waals surface area contributed by atoms with E-state index >= 15 is 0 Å². The molecule has 0 bridgehead atoms. The van der Waals surface area contributed by atoms with E-state index in [1.54, 1.807) is 0 Å². The number of hydrogen-bond donors (Lipinski definition) is 2. The molecule has 21 heavy (non-hydrogen) atoms. The molecule has 1 saturated heterocycles. The lowest BCUT2D eigenvalue weighted by Crippen LogP contribution is -2.41. The number of nitrogens with one attached hydrogen (secondary N) is 1. The van der Waals surface area contributed by atoms with Crippen LogP contribution >= 0.6 is 0 Å². The summed E-state index contributed by atoms with van der Waals surface area (Å²) in [4.78, 5) is 24.1. The lowest BCUT2D eigenvalue weighted by molar-refractivity contribution is -0.138. The second kappa shape index (κ2) is 6.51. The second-order valence-electron chi connectivity index (χ2n) is 5.08. The number of carboxylic acids is 1. The first-order chi connectivity index (χ1) is 9.95. The molecule has 0 aromatic heterocycles. The Morgan fingerprint density at radius 2 is 1.95 bits per heavy atom. The van der Waals surface area contributed by atoms with E-state index in [9.17, 15) is 18.4 Å². The van der Waals surface area contributed by atoms with Crippen LogP contribution in [0.25, 0.3) is 0 Å². The van der Waals surface area contributed by atoms with Crippen molar-refractivity contribution in [3.8, 4) is 0 Å². The number of aliphatic carboxylic acids is 1. The van der Waals surface area contributed by atoms with Gasteiger partial charge in [0.15, 0.2) is 0 Å². The Hall–Kier alpha value is -2.18. The van der Waals surface area contributed by atoms with Gasteiger partial charge in [-0.1, -0.05) is 0 Å². The molecule has 1 aromatic rings. The van der Waals surface area contributed by atoms with Crippen LogP contribution in [0.2, 0.25) is 0 Å². The molecule has 0 saturated carbocycles. The van der Waals surface area contributed by atoms with Crippen LogP contribution in [-0.4, -0.2) is 35.1 Å². The van der Waals surface area contributed by atoms with Crippen molar-refractivity contribution in [2.45, 2.75) is 19.3 Å². The number of likely N-dealkylation sites (tertiary alicyclic amines) is 1. The first-order valence-corrected chi connectivity index (χ1v) is 6.68. The van der Waals surface area contributed by atoms with Gasteiger partial charge in [0.2, 0.25) is 0 Å². The molecule has 1 aliphatic heterocycles. The number of urea groups is 1. The highest BCUT2D eigenvalue weighted by molar-refractivity contribution is 5.89. The summed E-state index contributed by atoms with van der Waals surface area (Å²) in [6, 6.07) is 2.47. The maximum absolute atomic E-state index is 13.4. The van der Waals surface area contributed by atoms with E-state index < -0.39 is 23.6 Å². The van der Waals surface area contributed by atoms with Crippen LogP contribution in [0, 0.1) is 17.6 Å². The van der Waals surface area contributed by atoms with Gasteiger partial charge in [-0.25, -0.2) is 13.6 Å². The van der Waals surface area contributed by atoms with Crippen molar-refractivity contribution >= 4 is 17.7 Å². The molecular formula is C14H16F2N2O3. The number of carbonyl (C=O) groups is 2. The van der Waals surface area contributed by atoms with Gasteiger partial charge in [0.05, 0.1) is 5.69 Å². The zero-order valence-electron chi connectivity index (χ0n) is 11.3. The minimum atomic E-state index is -0.841. The van der Waals surface area contributed by atoms with Crippen LogP contribution in [0.1, 0.15) is 19.3 Å². The maximum atomic E-state index is 13.4. The number of anilines is 1. The third-order valence-electron chi connectivity index (χ3n) is 3.54. The maximum Gasteiger partial charge on any atom is 0.321 e. The third kappa shape index (κ3) is 4.14. The highest BCUT2D eigenvalue weighted by Crippen LogP contribution is 2.22. The lowest BCUT2D eigenvalue weighted by atomic mass is 9.94. The molecule has 1 aromatic carbocycles. The summed E-state index contributed by atoms with van der Waals surface area (Å²) in [6.07, 6.45) is 1.30. The van der Waals surface area contributed by atoms with Gasteiger partial charge in [0.25, 0.3) is 0 Å². The monoisotopic (exact) mass is 298 g/mol. The Labute approximate surface area is 120 Å². The summed E-state index contributed by atoms with van der Waals surface area (Å²) in [6.45, 7) is 0.846. The van der Waals surface area contributed by atoms with Crippen LogP contribution in [-0.2, 0) is 4.79 Å². The molecule has 114 valence electrons. The smallest absolute Gasteiger partial charge is 0.321 e. The van der Waals surface area contributed by atoms with Crippen molar-refractivity contribution in [3.05, 3.63) is 29.8 Å². The van der Waals surface area contributed by atoms with Crippen molar-refractivity contribution < 1.29 is 23.5 Å². The van der Waals surface area contributed by atoms with Gasteiger partial charge in [0, 0.05) is 25.6 Å². The molecule has 1 aliphatic rings. The minimum Gasteiger partial charge on any atom is -0.481 e. The number of hydrogen-bond acceptors (Lipinski definition) is 2. The third-order valence-corrected chi connectivity index (χ3v) is 3.54. The SMILES string of the molecule is O=C(O)CC1CCN(C(=O)Nc2ccc(F)cc2F)CC1. The highest BCUT2D eigenvalue weighted by Gasteiger charge is 2.24. The van der Waals surface area contributed by atoms with Gasteiger partial charge in [-0.05, 0) is 30.9 Å². The average molecular weight is 298 g/mol. The van der Waals surface area contributed by atoms with Crippen LogP contribution in [0.4, 0.5) is 19.3 Å².